The largest absolute Gasteiger partial charge is 0.493 e. The smallest absolute Gasteiger partial charge is 0.264 e. The van der Waals surface area contributed by atoms with Crippen molar-refractivity contribution in [1.29, 1.82) is 5.41 Å². The van der Waals surface area contributed by atoms with Gasteiger partial charge in [0.25, 0.3) is 5.91 Å². The number of halogens is 1. The lowest BCUT2D eigenvalue weighted by atomic mass is 10.2. The van der Waals surface area contributed by atoms with Crippen LogP contribution in [-0.2, 0) is 4.79 Å². The molecule has 1 saturated heterocycles. The van der Waals surface area contributed by atoms with Gasteiger partial charge in [0.05, 0.1) is 19.1 Å². The number of thioether (sulfide) groups is 1. The Bertz CT molecular complexity index is 587. The lowest BCUT2D eigenvalue weighted by Crippen LogP contribution is -2.18. The molecule has 19 heavy (non-hydrogen) atoms. The summed E-state index contributed by atoms with van der Waals surface area (Å²) in [6.07, 6.45) is 1.70. The maximum atomic E-state index is 11.6. The van der Waals surface area contributed by atoms with Gasteiger partial charge in [-0.05, 0) is 35.5 Å². The lowest BCUT2D eigenvalue weighted by Gasteiger charge is -2.10. The van der Waals surface area contributed by atoms with E-state index in [4.69, 9.17) is 14.9 Å². The summed E-state index contributed by atoms with van der Waals surface area (Å²) in [4.78, 5) is 12.0. The van der Waals surface area contributed by atoms with Gasteiger partial charge in [-0.2, -0.15) is 0 Å². The molecular weight excluding hydrogens is 332 g/mol. The van der Waals surface area contributed by atoms with E-state index in [1.807, 2.05) is 0 Å². The van der Waals surface area contributed by atoms with E-state index in [0.29, 0.717) is 16.4 Å². The van der Waals surface area contributed by atoms with E-state index >= 15 is 0 Å². The van der Waals surface area contributed by atoms with E-state index in [-0.39, 0.29) is 11.1 Å². The summed E-state index contributed by atoms with van der Waals surface area (Å²) in [6, 6.07) is 3.54. The number of methoxy groups -OCH3 is 2. The summed E-state index contributed by atoms with van der Waals surface area (Å²) in [5.41, 5.74) is 0.782. The third-order valence-corrected chi connectivity index (χ3v) is 3.97. The molecule has 1 aromatic carbocycles. The van der Waals surface area contributed by atoms with Crippen LogP contribution in [0, 0.1) is 5.41 Å². The number of amides is 1. The molecule has 0 radical (unpaired) electrons. The molecule has 0 aromatic heterocycles. The molecule has 5 nitrogen and oxygen atoms in total. The Balaban J connectivity index is 2.43. The molecule has 1 amide bonds. The monoisotopic (exact) mass is 342 g/mol. The van der Waals surface area contributed by atoms with Crippen molar-refractivity contribution in [2.45, 2.75) is 0 Å². The summed E-state index contributed by atoms with van der Waals surface area (Å²) in [5, 5.41) is 9.96. The van der Waals surface area contributed by atoms with Gasteiger partial charge in [0, 0.05) is 4.47 Å². The number of carbonyl (C=O) groups is 1. The average Bonchev–Trinajstić information content (AvgIpc) is 2.69. The van der Waals surface area contributed by atoms with Crippen molar-refractivity contribution < 1.29 is 14.3 Å². The normalized spacial score (nSPS) is 16.7. The highest BCUT2D eigenvalue weighted by Crippen LogP contribution is 2.35. The van der Waals surface area contributed by atoms with Crippen LogP contribution in [0.4, 0.5) is 0 Å². The van der Waals surface area contributed by atoms with Crippen LogP contribution in [0.5, 0.6) is 11.5 Å². The highest BCUT2D eigenvalue weighted by molar-refractivity contribution is 9.10. The molecule has 1 heterocycles. The number of rotatable bonds is 3. The Morgan fingerprint density at radius 3 is 2.47 bits per heavy atom. The van der Waals surface area contributed by atoms with Gasteiger partial charge in [0.15, 0.2) is 16.7 Å². The molecule has 1 fully saturated rings. The topological polar surface area (TPSA) is 71.4 Å². The van der Waals surface area contributed by atoms with Crippen molar-refractivity contribution in [2.24, 2.45) is 0 Å². The third kappa shape index (κ3) is 2.93. The molecule has 1 aromatic rings. The van der Waals surface area contributed by atoms with E-state index in [0.717, 1.165) is 21.8 Å². The molecule has 0 spiro atoms. The van der Waals surface area contributed by atoms with Crippen LogP contribution in [-0.4, -0.2) is 25.3 Å². The van der Waals surface area contributed by atoms with Crippen LogP contribution in [0.1, 0.15) is 5.56 Å². The van der Waals surface area contributed by atoms with E-state index in [9.17, 15) is 4.79 Å². The molecule has 2 rings (SSSR count). The number of hydrogen-bond donors (Lipinski definition) is 2. The average molecular weight is 343 g/mol. The van der Waals surface area contributed by atoms with E-state index in [1.165, 1.54) is 0 Å². The highest BCUT2D eigenvalue weighted by atomic mass is 79.9. The zero-order chi connectivity index (χ0) is 14.0. The van der Waals surface area contributed by atoms with Gasteiger partial charge in [-0.15, -0.1) is 0 Å². The molecule has 7 heteroatoms. The number of amidine groups is 1. The van der Waals surface area contributed by atoms with Gasteiger partial charge in [0.1, 0.15) is 0 Å². The minimum atomic E-state index is -0.267. The van der Waals surface area contributed by atoms with Gasteiger partial charge in [-0.3, -0.25) is 10.2 Å². The SMILES string of the molecule is COc1cc(Br)c(/C=C2\SC(=N)NC2=O)cc1OC. The molecule has 1 aliphatic rings. The molecule has 0 unspecified atom stereocenters. The fourth-order valence-corrected chi connectivity index (χ4v) is 2.69. The zero-order valence-electron chi connectivity index (χ0n) is 10.2. The van der Waals surface area contributed by atoms with Gasteiger partial charge >= 0.3 is 0 Å². The molecule has 0 aliphatic carbocycles. The van der Waals surface area contributed by atoms with Crippen LogP contribution < -0.4 is 14.8 Å². The fraction of sp³-hybridized carbons (Fsp3) is 0.167. The number of carbonyl (C=O) groups excluding carboxylic acids is 1. The van der Waals surface area contributed by atoms with Crippen molar-refractivity contribution in [3.8, 4) is 11.5 Å². The second-order valence-corrected chi connectivity index (χ2v) is 5.53. The molecule has 0 saturated carbocycles. The number of nitrogens with one attached hydrogen (secondary N) is 2. The van der Waals surface area contributed by atoms with Crippen molar-refractivity contribution in [3.05, 3.63) is 27.1 Å². The first-order chi connectivity index (χ1) is 9.05. The Morgan fingerprint density at radius 1 is 1.32 bits per heavy atom. The van der Waals surface area contributed by atoms with Gasteiger partial charge in [-0.25, -0.2) is 0 Å². The minimum absolute atomic E-state index is 0.132. The van der Waals surface area contributed by atoms with Gasteiger partial charge in [-0.1, -0.05) is 15.9 Å². The second-order valence-electron chi connectivity index (χ2n) is 3.62. The first-order valence-electron chi connectivity index (χ1n) is 5.26. The summed E-state index contributed by atoms with van der Waals surface area (Å²) in [7, 11) is 3.11. The molecule has 0 atom stereocenters. The second kappa shape index (κ2) is 5.66. The molecular formula is C12H11BrN2O3S. The number of benzene rings is 1. The standard InChI is InChI=1S/C12H11BrN2O3S/c1-17-8-3-6(7(13)5-9(8)18-2)4-10-11(16)15-12(14)19-10/h3-5H,1-2H3,(H2,14,15,16)/b10-4-. The summed E-state index contributed by atoms with van der Waals surface area (Å²) in [5.74, 6) is 0.917. The number of ether oxygens (including phenoxy) is 2. The number of hydrogen-bond acceptors (Lipinski definition) is 5. The molecule has 2 N–H and O–H groups in total. The first-order valence-corrected chi connectivity index (χ1v) is 6.87. The Labute approximate surface area is 123 Å². The molecule has 1 aliphatic heterocycles. The first kappa shape index (κ1) is 14.0. The predicted octanol–water partition coefficient (Wildman–Crippen LogP) is 2.60. The van der Waals surface area contributed by atoms with Crippen LogP contribution in [0.25, 0.3) is 6.08 Å². The summed E-state index contributed by atoms with van der Waals surface area (Å²) >= 11 is 4.51. The van der Waals surface area contributed by atoms with Gasteiger partial charge < -0.3 is 14.8 Å². The highest BCUT2D eigenvalue weighted by Gasteiger charge is 2.22. The van der Waals surface area contributed by atoms with Crippen molar-refractivity contribution in [2.75, 3.05) is 14.2 Å². The summed E-state index contributed by atoms with van der Waals surface area (Å²) in [6.45, 7) is 0. The van der Waals surface area contributed by atoms with Crippen LogP contribution >= 0.6 is 27.7 Å². The van der Waals surface area contributed by atoms with Crippen LogP contribution in [0.15, 0.2) is 21.5 Å². The Hall–Kier alpha value is -1.47. The van der Waals surface area contributed by atoms with Crippen LogP contribution in [0.2, 0.25) is 0 Å². The maximum absolute atomic E-state index is 11.6. The molecule has 100 valence electrons. The zero-order valence-corrected chi connectivity index (χ0v) is 12.6. The summed E-state index contributed by atoms with van der Waals surface area (Å²) < 4.78 is 11.2. The van der Waals surface area contributed by atoms with E-state index in [1.54, 1.807) is 32.4 Å². The van der Waals surface area contributed by atoms with Crippen LogP contribution in [0.3, 0.4) is 0 Å². The van der Waals surface area contributed by atoms with Crippen molar-refractivity contribution >= 4 is 44.8 Å². The van der Waals surface area contributed by atoms with E-state index in [2.05, 4.69) is 21.2 Å². The quantitative estimate of drug-likeness (QED) is 0.828. The van der Waals surface area contributed by atoms with Crippen molar-refractivity contribution in [3.63, 3.8) is 0 Å². The fourth-order valence-electron chi connectivity index (χ4n) is 1.56. The van der Waals surface area contributed by atoms with E-state index < -0.39 is 0 Å². The van der Waals surface area contributed by atoms with Crippen molar-refractivity contribution in [1.82, 2.24) is 5.32 Å². The lowest BCUT2D eigenvalue weighted by molar-refractivity contribution is -0.115. The molecule has 0 bridgehead atoms. The Kier molecular flexibility index (Phi) is 4.16. The predicted molar refractivity (Wildman–Crippen MR) is 78.7 cm³/mol. The maximum Gasteiger partial charge on any atom is 0.264 e. The third-order valence-electron chi connectivity index (χ3n) is 2.45. The Morgan fingerprint density at radius 2 is 1.95 bits per heavy atom. The van der Waals surface area contributed by atoms with Gasteiger partial charge in [0.2, 0.25) is 0 Å². The minimum Gasteiger partial charge on any atom is -0.493 e.